The summed E-state index contributed by atoms with van der Waals surface area (Å²) in [6.07, 6.45) is 7.18. The zero-order chi connectivity index (χ0) is 35.8. The van der Waals surface area contributed by atoms with Gasteiger partial charge in [0.2, 0.25) is 0 Å². The highest BCUT2D eigenvalue weighted by Gasteiger charge is 2.61. The van der Waals surface area contributed by atoms with Crippen LogP contribution >= 0.6 is 0 Å². The van der Waals surface area contributed by atoms with Crippen LogP contribution in [0.3, 0.4) is 0 Å². The molecule has 1 spiro atoms. The average molecular weight is 696 g/mol. The molecule has 262 valence electrons. The highest BCUT2D eigenvalue weighted by Crippen LogP contribution is 2.69. The Morgan fingerprint density at radius 1 is 0.444 bits per heavy atom. The quantitative estimate of drug-likeness (QED) is 0.177. The Balaban J connectivity index is 0.986. The van der Waals surface area contributed by atoms with Crippen molar-refractivity contribution in [1.82, 2.24) is 0 Å². The smallest absolute Gasteiger partial charge is 0.0543 e. The third-order valence-corrected chi connectivity index (χ3v) is 14.8. The zero-order valence-corrected chi connectivity index (χ0v) is 31.2. The van der Waals surface area contributed by atoms with Gasteiger partial charge in [-0.2, -0.15) is 0 Å². The molecular formula is C53H45N. The molecule has 4 bridgehead atoms. The number of hydrogen-bond donors (Lipinski definition) is 0. The molecule has 0 aliphatic heterocycles. The Morgan fingerprint density at radius 3 is 1.83 bits per heavy atom. The number of anilines is 3. The average Bonchev–Trinajstić information content (AvgIpc) is 3.63. The first kappa shape index (κ1) is 31.0. The zero-order valence-electron chi connectivity index (χ0n) is 31.2. The first-order chi connectivity index (χ1) is 26.5. The molecule has 0 saturated heterocycles. The molecule has 0 N–H and O–H groups in total. The number of hydrogen-bond acceptors (Lipinski definition) is 1. The highest BCUT2D eigenvalue weighted by molar-refractivity contribution is 5.97. The lowest BCUT2D eigenvalue weighted by molar-refractivity contribution is -0.0399. The summed E-state index contributed by atoms with van der Waals surface area (Å²) in [6, 6.07) is 57.9. The van der Waals surface area contributed by atoms with E-state index < -0.39 is 0 Å². The van der Waals surface area contributed by atoms with Crippen LogP contribution in [0.2, 0.25) is 0 Å². The third kappa shape index (κ3) is 4.11. The van der Waals surface area contributed by atoms with E-state index >= 15 is 0 Å². The molecule has 0 heterocycles. The minimum absolute atomic E-state index is 0.0672. The van der Waals surface area contributed by atoms with Gasteiger partial charge in [0.25, 0.3) is 0 Å². The minimum Gasteiger partial charge on any atom is -0.310 e. The normalized spacial score (nSPS) is 24.7. The van der Waals surface area contributed by atoms with Crippen molar-refractivity contribution in [3.8, 4) is 33.4 Å². The van der Waals surface area contributed by atoms with E-state index in [2.05, 4.69) is 170 Å². The van der Waals surface area contributed by atoms with Crippen molar-refractivity contribution in [1.29, 1.82) is 0 Å². The Labute approximate surface area is 319 Å². The fraction of sp³-hybridized carbons (Fsp3) is 0.245. The maximum Gasteiger partial charge on any atom is 0.0543 e. The van der Waals surface area contributed by atoms with E-state index in [0.717, 1.165) is 23.7 Å². The number of benzene rings is 7. The molecule has 6 aliphatic carbocycles. The van der Waals surface area contributed by atoms with Gasteiger partial charge in [-0.3, -0.25) is 0 Å². The van der Waals surface area contributed by atoms with Gasteiger partial charge < -0.3 is 4.90 Å². The van der Waals surface area contributed by atoms with E-state index in [4.69, 9.17) is 0 Å². The van der Waals surface area contributed by atoms with Crippen LogP contribution in [0.4, 0.5) is 17.1 Å². The second-order valence-electron chi connectivity index (χ2n) is 17.8. The Morgan fingerprint density at radius 2 is 1.06 bits per heavy atom. The topological polar surface area (TPSA) is 3.24 Å². The predicted molar refractivity (Wildman–Crippen MR) is 225 cm³/mol. The van der Waals surface area contributed by atoms with Crippen molar-refractivity contribution in [2.24, 2.45) is 23.7 Å². The maximum absolute atomic E-state index is 2.55. The summed E-state index contributed by atoms with van der Waals surface area (Å²) in [5.41, 5.74) is 18.0. The lowest BCUT2D eigenvalue weighted by Gasteiger charge is -2.61. The number of fused-ring (bicyclic) bond motifs is 7. The van der Waals surface area contributed by atoms with Crippen molar-refractivity contribution >= 4 is 27.8 Å². The Hall–Kier alpha value is -5.40. The monoisotopic (exact) mass is 695 g/mol. The van der Waals surface area contributed by atoms with Crippen molar-refractivity contribution in [2.45, 2.75) is 56.8 Å². The molecule has 0 unspecified atom stereocenters. The lowest BCUT2D eigenvalue weighted by atomic mass is 9.43. The largest absolute Gasteiger partial charge is 0.310 e. The predicted octanol–water partition coefficient (Wildman–Crippen LogP) is 14.0. The van der Waals surface area contributed by atoms with Crippen LogP contribution < -0.4 is 4.90 Å². The Kier molecular flexibility index (Phi) is 6.36. The highest BCUT2D eigenvalue weighted by atomic mass is 15.1. The molecule has 0 amide bonds. The van der Waals surface area contributed by atoms with Crippen molar-refractivity contribution < 1.29 is 0 Å². The molecule has 0 radical (unpaired) electrons. The third-order valence-electron chi connectivity index (χ3n) is 14.8. The standard InChI is InChI=1S/C53H45N/c1-52(2)46-14-7-6-13-44(46)51-49(52)16-9-17-50(51)54(42-24-20-35-10-3-4-11-37(35)31-42)41-22-18-36(19-23-41)38-21-25-48-45(32-38)43-12-5-8-15-47(43)53(48)39-27-33-26-34(29-39)30-40(53)28-33/h3-25,31-34,39-40H,26-30H2,1-2H3. The van der Waals surface area contributed by atoms with E-state index in [1.807, 2.05) is 0 Å². The van der Waals surface area contributed by atoms with Gasteiger partial charge in [-0.1, -0.05) is 129 Å². The van der Waals surface area contributed by atoms with Gasteiger partial charge in [-0.15, -0.1) is 0 Å². The molecule has 1 heteroatoms. The first-order valence-electron chi connectivity index (χ1n) is 20.4. The van der Waals surface area contributed by atoms with Gasteiger partial charge in [0.15, 0.2) is 0 Å². The molecule has 1 nitrogen and oxygen atoms in total. The van der Waals surface area contributed by atoms with E-state index in [1.165, 1.54) is 104 Å². The first-order valence-corrected chi connectivity index (χ1v) is 20.4. The molecule has 7 aromatic carbocycles. The molecule has 54 heavy (non-hydrogen) atoms. The maximum atomic E-state index is 2.55. The van der Waals surface area contributed by atoms with Gasteiger partial charge in [0.1, 0.15) is 0 Å². The number of nitrogens with zero attached hydrogens (tertiary/aromatic N) is 1. The van der Waals surface area contributed by atoms with Crippen molar-refractivity contribution in [3.05, 3.63) is 174 Å². The van der Waals surface area contributed by atoms with Gasteiger partial charge in [0, 0.05) is 27.8 Å². The van der Waals surface area contributed by atoms with Gasteiger partial charge in [-0.25, -0.2) is 0 Å². The summed E-state index contributed by atoms with van der Waals surface area (Å²) in [4.78, 5) is 2.49. The molecule has 7 aromatic rings. The fourth-order valence-corrected chi connectivity index (χ4v) is 12.8. The summed E-state index contributed by atoms with van der Waals surface area (Å²) in [5, 5.41) is 2.51. The summed E-state index contributed by atoms with van der Waals surface area (Å²) in [7, 11) is 0. The molecule has 4 fully saturated rings. The fourth-order valence-electron chi connectivity index (χ4n) is 12.8. The van der Waals surface area contributed by atoms with Crippen LogP contribution in [-0.2, 0) is 10.8 Å². The molecule has 0 aromatic heterocycles. The van der Waals surface area contributed by atoms with Crippen molar-refractivity contribution in [3.63, 3.8) is 0 Å². The minimum atomic E-state index is -0.0672. The van der Waals surface area contributed by atoms with Crippen LogP contribution in [0.1, 0.15) is 68.2 Å². The lowest BCUT2D eigenvalue weighted by Crippen LogP contribution is -2.55. The molecule has 6 aliphatic rings. The van der Waals surface area contributed by atoms with Crippen molar-refractivity contribution in [2.75, 3.05) is 4.90 Å². The second-order valence-corrected chi connectivity index (χ2v) is 17.8. The van der Waals surface area contributed by atoms with Crippen LogP contribution in [-0.4, -0.2) is 0 Å². The van der Waals surface area contributed by atoms with E-state index in [0.29, 0.717) is 0 Å². The molecule has 13 rings (SSSR count). The number of rotatable bonds is 4. The van der Waals surface area contributed by atoms with Crippen LogP contribution in [0.25, 0.3) is 44.2 Å². The van der Waals surface area contributed by atoms with E-state index in [-0.39, 0.29) is 10.8 Å². The summed E-state index contributed by atoms with van der Waals surface area (Å²) in [5.74, 6) is 3.50. The van der Waals surface area contributed by atoms with Gasteiger partial charge in [-0.05, 0) is 153 Å². The van der Waals surface area contributed by atoms with Crippen LogP contribution in [0, 0.1) is 23.7 Å². The summed E-state index contributed by atoms with van der Waals surface area (Å²) in [6.45, 7) is 4.74. The molecule has 4 saturated carbocycles. The van der Waals surface area contributed by atoms with Gasteiger partial charge in [0.05, 0.1) is 5.69 Å². The SMILES string of the molecule is CC1(C)c2ccccc2-c2c(N(c3ccc(-c4ccc5c(c4)-c4ccccc4C54C5CC6CC(C5)CC4C6)cc3)c3ccc4ccccc4c3)cccc21. The van der Waals surface area contributed by atoms with Gasteiger partial charge >= 0.3 is 0 Å². The van der Waals surface area contributed by atoms with Crippen LogP contribution in [0.15, 0.2) is 152 Å². The summed E-state index contributed by atoms with van der Waals surface area (Å²) < 4.78 is 0. The Bertz CT molecular complexity index is 2630. The molecular weight excluding hydrogens is 651 g/mol. The van der Waals surface area contributed by atoms with Crippen LogP contribution in [0.5, 0.6) is 0 Å². The second kappa shape index (κ2) is 11.1. The summed E-state index contributed by atoms with van der Waals surface area (Å²) >= 11 is 0. The van der Waals surface area contributed by atoms with E-state index in [1.54, 1.807) is 11.1 Å². The van der Waals surface area contributed by atoms with E-state index in [9.17, 15) is 0 Å². The molecule has 0 atom stereocenters.